The van der Waals surface area contributed by atoms with Crippen LogP contribution in [0.5, 0.6) is 5.75 Å². The van der Waals surface area contributed by atoms with Crippen molar-refractivity contribution >= 4 is 28.8 Å². The number of ether oxygens (including phenoxy) is 1. The van der Waals surface area contributed by atoms with Gasteiger partial charge >= 0.3 is 17.2 Å². The fourth-order valence-electron chi connectivity index (χ4n) is 2.70. The molecule has 0 saturated carbocycles. The maximum atomic E-state index is 13.2. The molecule has 2 rings (SSSR count). The summed E-state index contributed by atoms with van der Waals surface area (Å²) in [6, 6.07) is 14.2. The molecule has 2 aromatic rings. The van der Waals surface area contributed by atoms with E-state index in [1.165, 1.54) is 18.3 Å². The minimum Gasteiger partial charge on any atom is -0.464 e. The lowest BCUT2D eigenvalue weighted by Gasteiger charge is -2.25. The molecule has 2 aromatic carbocycles. The number of esters is 1. The van der Waals surface area contributed by atoms with Gasteiger partial charge in [0.1, 0.15) is 11.4 Å². The number of carbonyl (C=O) groups is 2. The van der Waals surface area contributed by atoms with Gasteiger partial charge < -0.3 is 14.2 Å². The Morgan fingerprint density at radius 1 is 1.03 bits per heavy atom. The van der Waals surface area contributed by atoms with Crippen molar-refractivity contribution in [1.82, 2.24) is 4.31 Å². The van der Waals surface area contributed by atoms with Crippen LogP contribution < -0.4 is 9.50 Å². The highest BCUT2D eigenvalue weighted by Crippen LogP contribution is 2.25. The van der Waals surface area contributed by atoms with Crippen molar-refractivity contribution < 1.29 is 22.7 Å². The first-order valence-corrected chi connectivity index (χ1v) is 10.3. The summed E-state index contributed by atoms with van der Waals surface area (Å²) in [4.78, 5) is 24.0. The first-order valence-electron chi connectivity index (χ1n) is 9.28. The minimum atomic E-state index is -2.05. The lowest BCUT2D eigenvalue weighted by molar-refractivity contribution is -0.137. The minimum absolute atomic E-state index is 0.0462. The Morgan fingerprint density at radius 2 is 1.67 bits per heavy atom. The Kier molecular flexibility index (Phi) is 8.17. The number of benzene rings is 2. The normalized spacial score (nSPS) is 11.2. The number of methoxy groups -OCH3 is 1. The van der Waals surface area contributed by atoms with Crippen molar-refractivity contribution in [1.29, 1.82) is 0 Å². The van der Waals surface area contributed by atoms with E-state index in [9.17, 15) is 13.8 Å². The molecule has 1 atom stereocenters. The summed E-state index contributed by atoms with van der Waals surface area (Å²) < 4.78 is 25.0. The van der Waals surface area contributed by atoms with Crippen molar-refractivity contribution in [3.05, 3.63) is 70.9 Å². The molecular formula is C22H26N2O5S. The van der Waals surface area contributed by atoms with Gasteiger partial charge in [-0.25, -0.2) is 9.10 Å². The van der Waals surface area contributed by atoms with Gasteiger partial charge in [-0.3, -0.25) is 4.79 Å². The second-order valence-corrected chi connectivity index (χ2v) is 7.87. The van der Waals surface area contributed by atoms with Crippen LogP contribution in [0.2, 0.25) is 0 Å². The molecule has 0 radical (unpaired) electrons. The van der Waals surface area contributed by atoms with Crippen LogP contribution in [0.25, 0.3) is 0 Å². The summed E-state index contributed by atoms with van der Waals surface area (Å²) in [5, 5.41) is 2.75. The fourth-order valence-corrected chi connectivity index (χ4v) is 3.72. The molecule has 0 saturated heterocycles. The Morgan fingerprint density at radius 3 is 2.23 bits per heavy atom. The average Bonchev–Trinajstić information content (AvgIpc) is 2.69. The van der Waals surface area contributed by atoms with Crippen LogP contribution in [-0.4, -0.2) is 27.5 Å². The van der Waals surface area contributed by atoms with Gasteiger partial charge in [-0.15, -0.1) is 0 Å². The number of amides is 1. The molecule has 7 nitrogen and oxygen atoms in total. The Balaban J connectivity index is 2.45. The van der Waals surface area contributed by atoms with E-state index in [0.717, 1.165) is 5.56 Å². The van der Waals surface area contributed by atoms with Gasteiger partial charge in [-0.2, -0.15) is 4.21 Å². The number of hydrogen-bond acceptors (Lipinski definition) is 5. The molecule has 8 heteroatoms. The van der Waals surface area contributed by atoms with E-state index in [-0.39, 0.29) is 18.1 Å². The quantitative estimate of drug-likeness (QED) is 0.507. The maximum absolute atomic E-state index is 13.2. The number of carbonyl (C=O) groups excluding carboxylic acids is 2. The predicted molar refractivity (Wildman–Crippen MR) is 117 cm³/mol. The second-order valence-electron chi connectivity index (χ2n) is 6.83. The van der Waals surface area contributed by atoms with E-state index in [4.69, 9.17) is 8.92 Å². The SMILES string of the molecule is COC(=O)C(=C(C)C)N(Cc1ccccc1NC(C)=O)S(=O)Oc1ccc(C)cc1. The summed E-state index contributed by atoms with van der Waals surface area (Å²) in [6.07, 6.45) is 0. The Hall–Kier alpha value is -3.13. The van der Waals surface area contributed by atoms with E-state index in [1.54, 1.807) is 50.2 Å². The fraction of sp³-hybridized carbons (Fsp3) is 0.273. The van der Waals surface area contributed by atoms with Crippen LogP contribution in [0, 0.1) is 6.92 Å². The van der Waals surface area contributed by atoms with E-state index in [1.807, 2.05) is 19.1 Å². The van der Waals surface area contributed by atoms with Crippen LogP contribution in [0.4, 0.5) is 5.69 Å². The molecule has 0 fully saturated rings. The number of para-hydroxylation sites is 1. The van der Waals surface area contributed by atoms with Gasteiger partial charge in [0.05, 0.1) is 13.7 Å². The molecule has 0 heterocycles. The zero-order chi connectivity index (χ0) is 22.3. The van der Waals surface area contributed by atoms with Gasteiger partial charge in [0, 0.05) is 12.6 Å². The van der Waals surface area contributed by atoms with Gasteiger partial charge in [0.25, 0.3) is 0 Å². The standard InChI is InChI=1S/C22H26N2O5S/c1-15(2)21(22(26)28-5)24(30(27)29-19-12-10-16(3)11-13-19)14-18-8-6-7-9-20(18)23-17(4)25/h6-13H,14H2,1-5H3,(H,23,25). The predicted octanol–water partition coefficient (Wildman–Crippen LogP) is 3.88. The number of hydrogen-bond donors (Lipinski definition) is 1. The van der Waals surface area contributed by atoms with Crippen molar-refractivity contribution in [2.24, 2.45) is 0 Å². The molecule has 0 aliphatic rings. The summed E-state index contributed by atoms with van der Waals surface area (Å²) in [5.41, 5.74) is 2.99. The number of rotatable bonds is 8. The van der Waals surface area contributed by atoms with Gasteiger partial charge in [-0.05, 0) is 50.1 Å². The molecule has 0 spiro atoms. The topological polar surface area (TPSA) is 84.9 Å². The first-order chi connectivity index (χ1) is 14.2. The molecule has 0 aliphatic heterocycles. The highest BCUT2D eigenvalue weighted by molar-refractivity contribution is 7.78. The molecule has 1 N–H and O–H groups in total. The van der Waals surface area contributed by atoms with Crippen LogP contribution in [0.15, 0.2) is 59.8 Å². The third-order valence-electron chi connectivity index (χ3n) is 4.11. The van der Waals surface area contributed by atoms with Gasteiger partial charge in [-0.1, -0.05) is 35.9 Å². The third kappa shape index (κ3) is 6.18. The largest absolute Gasteiger partial charge is 0.464 e. The number of allylic oxidation sites excluding steroid dienone is 1. The molecule has 1 amide bonds. The van der Waals surface area contributed by atoms with E-state index >= 15 is 0 Å². The molecular weight excluding hydrogens is 404 g/mol. The molecule has 1 unspecified atom stereocenters. The lowest BCUT2D eigenvalue weighted by Crippen LogP contribution is -2.33. The molecule has 160 valence electrons. The summed E-state index contributed by atoms with van der Waals surface area (Å²) in [5.74, 6) is -0.466. The van der Waals surface area contributed by atoms with Crippen LogP contribution in [-0.2, 0) is 32.1 Å². The zero-order valence-corrected chi connectivity index (χ0v) is 18.5. The number of aryl methyl sites for hydroxylation is 1. The second kappa shape index (κ2) is 10.6. The summed E-state index contributed by atoms with van der Waals surface area (Å²) >= 11 is -2.05. The Labute approximate surface area is 179 Å². The van der Waals surface area contributed by atoms with E-state index < -0.39 is 17.2 Å². The smallest absolute Gasteiger partial charge is 0.355 e. The van der Waals surface area contributed by atoms with Crippen molar-refractivity contribution in [3.8, 4) is 5.75 Å². The molecule has 0 aromatic heterocycles. The van der Waals surface area contributed by atoms with Crippen LogP contribution >= 0.6 is 0 Å². The number of nitrogens with zero attached hydrogens (tertiary/aromatic N) is 1. The van der Waals surface area contributed by atoms with Crippen LogP contribution in [0.1, 0.15) is 31.9 Å². The highest BCUT2D eigenvalue weighted by Gasteiger charge is 2.27. The maximum Gasteiger partial charge on any atom is 0.355 e. The Bertz CT molecular complexity index is 966. The molecule has 30 heavy (non-hydrogen) atoms. The zero-order valence-electron chi connectivity index (χ0n) is 17.7. The van der Waals surface area contributed by atoms with Crippen LogP contribution in [0.3, 0.4) is 0 Å². The molecule has 0 bridgehead atoms. The van der Waals surface area contributed by atoms with Crippen molar-refractivity contribution in [2.45, 2.75) is 34.2 Å². The van der Waals surface area contributed by atoms with Gasteiger partial charge in [0.15, 0.2) is 0 Å². The number of nitrogens with one attached hydrogen (secondary N) is 1. The monoisotopic (exact) mass is 430 g/mol. The van der Waals surface area contributed by atoms with Gasteiger partial charge in [0.2, 0.25) is 5.91 Å². The third-order valence-corrected chi connectivity index (χ3v) is 5.12. The highest BCUT2D eigenvalue weighted by atomic mass is 32.2. The average molecular weight is 431 g/mol. The number of anilines is 1. The lowest BCUT2D eigenvalue weighted by atomic mass is 10.1. The van der Waals surface area contributed by atoms with Crippen molar-refractivity contribution in [2.75, 3.05) is 12.4 Å². The van der Waals surface area contributed by atoms with E-state index in [0.29, 0.717) is 22.6 Å². The first kappa shape index (κ1) is 23.2. The van der Waals surface area contributed by atoms with Crippen molar-refractivity contribution in [3.63, 3.8) is 0 Å². The summed E-state index contributed by atoms with van der Waals surface area (Å²) in [6.45, 7) is 6.84. The molecule has 0 aliphatic carbocycles. The van der Waals surface area contributed by atoms with E-state index in [2.05, 4.69) is 5.32 Å². The summed E-state index contributed by atoms with van der Waals surface area (Å²) in [7, 11) is 1.26.